The highest BCUT2D eigenvalue weighted by Crippen LogP contribution is 2.24. The molecule has 2 aromatic carbocycles. The first kappa shape index (κ1) is 16.0. The second kappa shape index (κ2) is 7.12. The zero-order valence-corrected chi connectivity index (χ0v) is 13.4. The zero-order chi connectivity index (χ0) is 16.9. The summed E-state index contributed by atoms with van der Waals surface area (Å²) >= 11 is 0. The number of nitrogens with zero attached hydrogens (tertiary/aromatic N) is 2. The number of benzene rings is 2. The fourth-order valence-electron chi connectivity index (χ4n) is 2.93. The summed E-state index contributed by atoms with van der Waals surface area (Å²) in [5, 5.41) is 13.7. The molecule has 0 heterocycles. The largest absolute Gasteiger partial charge is 0.370 e. The van der Waals surface area contributed by atoms with Gasteiger partial charge in [0.15, 0.2) is 5.96 Å². The van der Waals surface area contributed by atoms with Crippen LogP contribution in [0, 0.1) is 10.1 Å². The minimum Gasteiger partial charge on any atom is -0.370 e. The van der Waals surface area contributed by atoms with E-state index in [1.165, 1.54) is 29.7 Å². The quantitative estimate of drug-likeness (QED) is 0.382. The number of guanidine groups is 1. The molecular formula is C18H20N4O2. The van der Waals surface area contributed by atoms with Crippen molar-refractivity contribution in [3.05, 3.63) is 69.3 Å². The Bertz CT molecular complexity index is 769. The molecule has 24 heavy (non-hydrogen) atoms. The molecular weight excluding hydrogens is 304 g/mol. The lowest BCUT2D eigenvalue weighted by atomic mass is 10.1. The molecule has 124 valence electrons. The first-order valence-corrected chi connectivity index (χ1v) is 8.04. The third kappa shape index (κ3) is 3.90. The molecule has 0 aliphatic heterocycles. The van der Waals surface area contributed by atoms with Gasteiger partial charge in [-0.15, -0.1) is 0 Å². The number of anilines is 1. The van der Waals surface area contributed by atoms with Crippen molar-refractivity contribution in [3.63, 3.8) is 0 Å². The molecule has 0 fully saturated rings. The number of hydrogen-bond donors (Lipinski definition) is 2. The third-order valence-electron chi connectivity index (χ3n) is 4.20. The second-order valence-corrected chi connectivity index (χ2v) is 5.90. The van der Waals surface area contributed by atoms with Crippen LogP contribution < -0.4 is 11.1 Å². The van der Waals surface area contributed by atoms with E-state index in [4.69, 9.17) is 5.73 Å². The van der Waals surface area contributed by atoms with Crippen molar-refractivity contribution in [2.45, 2.75) is 25.7 Å². The van der Waals surface area contributed by atoms with Crippen LogP contribution in [0.4, 0.5) is 11.4 Å². The Morgan fingerprint density at radius 2 is 1.92 bits per heavy atom. The van der Waals surface area contributed by atoms with E-state index >= 15 is 0 Å². The Morgan fingerprint density at radius 1 is 1.17 bits per heavy atom. The van der Waals surface area contributed by atoms with Gasteiger partial charge in [-0.25, -0.2) is 0 Å². The summed E-state index contributed by atoms with van der Waals surface area (Å²) in [6.07, 6.45) is 4.19. The average Bonchev–Trinajstić information content (AvgIpc) is 3.03. The summed E-state index contributed by atoms with van der Waals surface area (Å²) in [6, 6.07) is 12.8. The Balaban J connectivity index is 1.53. The lowest BCUT2D eigenvalue weighted by molar-refractivity contribution is -0.384. The number of rotatable bonds is 5. The maximum absolute atomic E-state index is 10.6. The van der Waals surface area contributed by atoms with Crippen molar-refractivity contribution in [1.29, 1.82) is 0 Å². The smallest absolute Gasteiger partial charge is 0.269 e. The van der Waals surface area contributed by atoms with Crippen molar-refractivity contribution >= 4 is 17.3 Å². The number of nitro benzene ring substituents is 1. The fourth-order valence-corrected chi connectivity index (χ4v) is 2.93. The Kier molecular flexibility index (Phi) is 4.74. The van der Waals surface area contributed by atoms with E-state index in [2.05, 4.69) is 22.4 Å². The van der Waals surface area contributed by atoms with Crippen LogP contribution in [-0.4, -0.2) is 17.4 Å². The van der Waals surface area contributed by atoms with Crippen molar-refractivity contribution in [2.24, 2.45) is 10.7 Å². The lowest BCUT2D eigenvalue weighted by Gasteiger charge is -2.08. The third-order valence-corrected chi connectivity index (χ3v) is 4.20. The van der Waals surface area contributed by atoms with Crippen molar-refractivity contribution in [1.82, 2.24) is 0 Å². The van der Waals surface area contributed by atoms with E-state index in [0.29, 0.717) is 18.9 Å². The topological polar surface area (TPSA) is 93.5 Å². The van der Waals surface area contributed by atoms with Gasteiger partial charge in [-0.05, 0) is 54.5 Å². The molecule has 0 amide bonds. The fraction of sp³-hybridized carbons (Fsp3) is 0.278. The summed E-state index contributed by atoms with van der Waals surface area (Å²) in [5.74, 6) is 0.384. The van der Waals surface area contributed by atoms with Gasteiger partial charge in [-0.1, -0.05) is 18.2 Å². The van der Waals surface area contributed by atoms with Crippen LogP contribution in [0.15, 0.2) is 47.5 Å². The van der Waals surface area contributed by atoms with Gasteiger partial charge in [0.25, 0.3) is 5.69 Å². The van der Waals surface area contributed by atoms with Crippen LogP contribution in [0.25, 0.3) is 0 Å². The SMILES string of the molecule is NC(=NCCc1ccc([N+](=O)[O-])cc1)Nc1ccc2c(c1)CCC2. The molecule has 0 saturated carbocycles. The number of nitrogens with one attached hydrogen (secondary N) is 1. The normalized spacial score (nSPS) is 13.6. The standard InChI is InChI=1S/C18H20N4O2/c19-18(21-16-7-6-14-2-1-3-15(14)12-16)20-11-10-13-4-8-17(9-5-13)22(23)24/h4-9,12H,1-3,10-11H2,(H3,19,20,21). The highest BCUT2D eigenvalue weighted by molar-refractivity contribution is 5.92. The number of nitro groups is 1. The van der Waals surface area contributed by atoms with Crippen molar-refractivity contribution < 1.29 is 4.92 Å². The van der Waals surface area contributed by atoms with Gasteiger partial charge in [0.05, 0.1) is 4.92 Å². The van der Waals surface area contributed by atoms with E-state index in [1.54, 1.807) is 12.1 Å². The lowest BCUT2D eigenvalue weighted by Crippen LogP contribution is -2.23. The molecule has 0 atom stereocenters. The minimum atomic E-state index is -0.402. The number of non-ortho nitro benzene ring substituents is 1. The average molecular weight is 324 g/mol. The Hall–Kier alpha value is -2.89. The predicted molar refractivity (Wildman–Crippen MR) is 95.4 cm³/mol. The molecule has 6 nitrogen and oxygen atoms in total. The monoisotopic (exact) mass is 324 g/mol. The van der Waals surface area contributed by atoms with E-state index in [1.807, 2.05) is 6.07 Å². The van der Waals surface area contributed by atoms with Gasteiger partial charge in [0.1, 0.15) is 0 Å². The number of aliphatic imine (C=N–C) groups is 1. The summed E-state index contributed by atoms with van der Waals surface area (Å²) < 4.78 is 0. The second-order valence-electron chi connectivity index (χ2n) is 5.90. The van der Waals surface area contributed by atoms with Gasteiger partial charge >= 0.3 is 0 Å². The number of nitrogens with two attached hydrogens (primary N) is 1. The Labute approximate surface area is 140 Å². The highest BCUT2D eigenvalue weighted by Gasteiger charge is 2.10. The van der Waals surface area contributed by atoms with E-state index < -0.39 is 4.92 Å². The van der Waals surface area contributed by atoms with Gasteiger partial charge < -0.3 is 11.1 Å². The molecule has 1 aliphatic rings. The summed E-state index contributed by atoms with van der Waals surface area (Å²) in [6.45, 7) is 0.529. The first-order chi connectivity index (χ1) is 11.6. The minimum absolute atomic E-state index is 0.0973. The van der Waals surface area contributed by atoms with E-state index in [9.17, 15) is 10.1 Å². The molecule has 0 spiro atoms. The van der Waals surface area contributed by atoms with Crippen molar-refractivity contribution in [2.75, 3.05) is 11.9 Å². The van der Waals surface area contributed by atoms with Gasteiger partial charge in [-0.3, -0.25) is 15.1 Å². The molecule has 0 radical (unpaired) electrons. The molecule has 2 aromatic rings. The molecule has 6 heteroatoms. The molecule has 1 aliphatic carbocycles. The summed E-state index contributed by atoms with van der Waals surface area (Å²) in [7, 11) is 0. The first-order valence-electron chi connectivity index (χ1n) is 8.04. The number of fused-ring (bicyclic) bond motifs is 1. The Morgan fingerprint density at radius 3 is 2.67 bits per heavy atom. The number of aryl methyl sites for hydroxylation is 2. The van der Waals surface area contributed by atoms with Crippen LogP contribution in [-0.2, 0) is 19.3 Å². The van der Waals surface area contributed by atoms with E-state index in [-0.39, 0.29) is 5.69 Å². The van der Waals surface area contributed by atoms with E-state index in [0.717, 1.165) is 24.1 Å². The summed E-state index contributed by atoms with van der Waals surface area (Å²) in [5.41, 5.74) is 10.8. The number of hydrogen-bond acceptors (Lipinski definition) is 3. The van der Waals surface area contributed by atoms with Gasteiger partial charge in [-0.2, -0.15) is 0 Å². The molecule has 0 saturated heterocycles. The molecule has 0 bridgehead atoms. The molecule has 3 rings (SSSR count). The molecule has 0 aromatic heterocycles. The summed E-state index contributed by atoms with van der Waals surface area (Å²) in [4.78, 5) is 14.5. The van der Waals surface area contributed by atoms with Crippen LogP contribution in [0.2, 0.25) is 0 Å². The van der Waals surface area contributed by atoms with Crippen LogP contribution in [0.3, 0.4) is 0 Å². The van der Waals surface area contributed by atoms with Crippen LogP contribution >= 0.6 is 0 Å². The predicted octanol–water partition coefficient (Wildman–Crippen LogP) is 3.05. The molecule has 3 N–H and O–H groups in total. The highest BCUT2D eigenvalue weighted by atomic mass is 16.6. The zero-order valence-electron chi connectivity index (χ0n) is 13.4. The maximum Gasteiger partial charge on any atom is 0.269 e. The van der Waals surface area contributed by atoms with Crippen molar-refractivity contribution in [3.8, 4) is 0 Å². The van der Waals surface area contributed by atoms with Crippen LogP contribution in [0.1, 0.15) is 23.1 Å². The van der Waals surface area contributed by atoms with Crippen LogP contribution in [0.5, 0.6) is 0 Å². The van der Waals surface area contributed by atoms with Gasteiger partial charge in [0.2, 0.25) is 0 Å². The van der Waals surface area contributed by atoms with Gasteiger partial charge in [0, 0.05) is 24.4 Å². The maximum atomic E-state index is 10.6. The molecule has 0 unspecified atom stereocenters.